The summed E-state index contributed by atoms with van der Waals surface area (Å²) in [6.07, 6.45) is 9.45. The van der Waals surface area contributed by atoms with Gasteiger partial charge in [-0.3, -0.25) is 0 Å². The smallest absolute Gasteiger partial charge is 0.124 e. The second-order valence-corrected chi connectivity index (χ2v) is 9.09. The van der Waals surface area contributed by atoms with Crippen LogP contribution in [0.2, 0.25) is 0 Å². The summed E-state index contributed by atoms with van der Waals surface area (Å²) in [5.41, 5.74) is 4.51. The molecule has 1 heteroatoms. The van der Waals surface area contributed by atoms with E-state index in [1.807, 2.05) is 0 Å². The van der Waals surface area contributed by atoms with Gasteiger partial charge in [-0.25, -0.2) is 0 Å². The Balaban J connectivity index is 1.92. The lowest BCUT2D eigenvalue weighted by atomic mass is 9.79. The summed E-state index contributed by atoms with van der Waals surface area (Å²) in [7, 11) is 0. The van der Waals surface area contributed by atoms with Crippen LogP contribution < -0.4 is 4.74 Å². The zero-order valence-corrected chi connectivity index (χ0v) is 15.4. The number of aryl methyl sites for hydroxylation is 1. The van der Waals surface area contributed by atoms with E-state index in [0.717, 1.165) is 18.6 Å². The number of rotatable bonds is 0. The predicted molar refractivity (Wildman–Crippen MR) is 98.0 cm³/mol. The molecule has 1 heterocycles. The lowest BCUT2D eigenvalue weighted by Crippen LogP contribution is -2.27. The topological polar surface area (TPSA) is 9.23 Å². The SMILES string of the molecule is CC(C)(C)C1=CC2Oc3ccc(C(C)(C)C)cc3CCC2C=C1. The highest BCUT2D eigenvalue weighted by Gasteiger charge is 2.30. The van der Waals surface area contributed by atoms with Crippen molar-refractivity contribution in [3.8, 4) is 5.75 Å². The van der Waals surface area contributed by atoms with E-state index >= 15 is 0 Å². The highest BCUT2D eigenvalue weighted by Crippen LogP contribution is 2.38. The molecule has 1 aromatic rings. The molecule has 0 radical (unpaired) electrons. The van der Waals surface area contributed by atoms with E-state index in [1.54, 1.807) is 0 Å². The number of benzene rings is 1. The number of fused-ring (bicyclic) bond motifs is 2. The average Bonchev–Trinajstić information content (AvgIpc) is 2.62. The molecule has 1 aliphatic heterocycles. The standard InChI is InChI=1S/C22H30O/c1-21(2,3)17-11-12-19-16(13-17)8-7-15-9-10-18(22(4,5)6)14-20(15)23-19/h9-15,20H,7-8H2,1-6H3. The Kier molecular flexibility index (Phi) is 3.94. The molecule has 124 valence electrons. The molecule has 0 bridgehead atoms. The third-order valence-electron chi connectivity index (χ3n) is 5.09. The Labute approximate surface area is 141 Å². The second-order valence-electron chi connectivity index (χ2n) is 9.09. The minimum absolute atomic E-state index is 0.177. The zero-order valence-electron chi connectivity index (χ0n) is 15.4. The molecule has 0 N–H and O–H groups in total. The zero-order chi connectivity index (χ0) is 16.8. The summed E-state index contributed by atoms with van der Waals surface area (Å²) in [5, 5.41) is 0. The predicted octanol–water partition coefficient (Wildman–Crippen LogP) is 5.84. The van der Waals surface area contributed by atoms with Crippen molar-refractivity contribution >= 4 is 0 Å². The molecule has 1 aliphatic carbocycles. The molecule has 1 aromatic carbocycles. The van der Waals surface area contributed by atoms with Crippen LogP contribution in [0.25, 0.3) is 0 Å². The van der Waals surface area contributed by atoms with Crippen molar-refractivity contribution in [3.63, 3.8) is 0 Å². The summed E-state index contributed by atoms with van der Waals surface area (Å²) < 4.78 is 6.43. The first-order chi connectivity index (χ1) is 10.6. The minimum Gasteiger partial charge on any atom is -0.485 e. The van der Waals surface area contributed by atoms with Gasteiger partial charge < -0.3 is 4.74 Å². The van der Waals surface area contributed by atoms with E-state index < -0.39 is 0 Å². The van der Waals surface area contributed by atoms with Crippen LogP contribution in [0.5, 0.6) is 5.75 Å². The molecule has 2 unspecified atom stereocenters. The van der Waals surface area contributed by atoms with E-state index in [9.17, 15) is 0 Å². The lowest BCUT2D eigenvalue weighted by molar-refractivity contribution is 0.202. The van der Waals surface area contributed by atoms with E-state index in [0.29, 0.717) is 5.92 Å². The van der Waals surface area contributed by atoms with Crippen LogP contribution in [-0.4, -0.2) is 6.10 Å². The van der Waals surface area contributed by atoms with Crippen LogP contribution in [-0.2, 0) is 11.8 Å². The Morgan fingerprint density at radius 2 is 1.74 bits per heavy atom. The lowest BCUT2D eigenvalue weighted by Gasteiger charge is -2.30. The minimum atomic E-state index is 0.177. The van der Waals surface area contributed by atoms with Gasteiger partial charge in [0.15, 0.2) is 0 Å². The first-order valence-electron chi connectivity index (χ1n) is 8.85. The molecular weight excluding hydrogens is 280 g/mol. The third kappa shape index (κ3) is 3.39. The van der Waals surface area contributed by atoms with Crippen LogP contribution in [0.1, 0.15) is 59.1 Å². The summed E-state index contributed by atoms with van der Waals surface area (Å²) >= 11 is 0. The maximum atomic E-state index is 6.43. The Hall–Kier alpha value is -1.50. The molecule has 2 atom stereocenters. The Morgan fingerprint density at radius 1 is 1.00 bits per heavy atom. The van der Waals surface area contributed by atoms with E-state index in [2.05, 4.69) is 78.0 Å². The number of hydrogen-bond acceptors (Lipinski definition) is 1. The van der Waals surface area contributed by atoms with Gasteiger partial charge >= 0.3 is 0 Å². The third-order valence-corrected chi connectivity index (χ3v) is 5.09. The normalized spacial score (nSPS) is 24.2. The van der Waals surface area contributed by atoms with Crippen molar-refractivity contribution in [2.75, 3.05) is 0 Å². The molecule has 0 fully saturated rings. The average molecular weight is 310 g/mol. The molecule has 3 rings (SSSR count). The fourth-order valence-corrected chi connectivity index (χ4v) is 3.40. The van der Waals surface area contributed by atoms with Crippen molar-refractivity contribution in [2.45, 2.75) is 65.9 Å². The molecular formula is C22H30O. The van der Waals surface area contributed by atoms with Crippen LogP contribution in [0.15, 0.2) is 42.0 Å². The summed E-state index contributed by atoms with van der Waals surface area (Å²) in [5.74, 6) is 1.57. The molecule has 0 aromatic heterocycles. The van der Waals surface area contributed by atoms with Gasteiger partial charge in [-0.1, -0.05) is 65.8 Å². The van der Waals surface area contributed by atoms with Gasteiger partial charge in [-0.2, -0.15) is 0 Å². The van der Waals surface area contributed by atoms with Crippen LogP contribution in [0, 0.1) is 11.3 Å². The van der Waals surface area contributed by atoms with Gasteiger partial charge in [0.25, 0.3) is 0 Å². The van der Waals surface area contributed by atoms with Gasteiger partial charge in [0, 0.05) is 5.92 Å². The van der Waals surface area contributed by atoms with Gasteiger partial charge in [-0.15, -0.1) is 0 Å². The molecule has 0 amide bonds. The van der Waals surface area contributed by atoms with Crippen LogP contribution >= 0.6 is 0 Å². The Morgan fingerprint density at radius 3 is 2.39 bits per heavy atom. The van der Waals surface area contributed by atoms with Gasteiger partial charge in [0.05, 0.1) is 0 Å². The second kappa shape index (κ2) is 5.54. The van der Waals surface area contributed by atoms with E-state index in [4.69, 9.17) is 4.74 Å². The molecule has 0 saturated heterocycles. The molecule has 1 nitrogen and oxygen atoms in total. The number of hydrogen-bond donors (Lipinski definition) is 0. The maximum Gasteiger partial charge on any atom is 0.124 e. The van der Waals surface area contributed by atoms with E-state index in [1.165, 1.54) is 16.7 Å². The van der Waals surface area contributed by atoms with Gasteiger partial charge in [0.1, 0.15) is 11.9 Å². The fourth-order valence-electron chi connectivity index (χ4n) is 3.40. The van der Waals surface area contributed by atoms with Crippen molar-refractivity contribution in [1.82, 2.24) is 0 Å². The Bertz CT molecular complexity index is 650. The monoisotopic (exact) mass is 310 g/mol. The van der Waals surface area contributed by atoms with Crippen molar-refractivity contribution in [2.24, 2.45) is 11.3 Å². The van der Waals surface area contributed by atoms with E-state index in [-0.39, 0.29) is 16.9 Å². The maximum absolute atomic E-state index is 6.43. The fraction of sp³-hybridized carbons (Fsp3) is 0.545. The molecule has 23 heavy (non-hydrogen) atoms. The van der Waals surface area contributed by atoms with Gasteiger partial charge in [0.2, 0.25) is 0 Å². The summed E-state index contributed by atoms with van der Waals surface area (Å²) in [6.45, 7) is 13.6. The van der Waals surface area contributed by atoms with Crippen LogP contribution in [0.4, 0.5) is 0 Å². The molecule has 0 spiro atoms. The van der Waals surface area contributed by atoms with Crippen molar-refractivity contribution < 1.29 is 4.74 Å². The highest BCUT2D eigenvalue weighted by molar-refractivity contribution is 5.42. The van der Waals surface area contributed by atoms with Gasteiger partial charge in [-0.05, 0) is 52.5 Å². The van der Waals surface area contributed by atoms with Crippen molar-refractivity contribution in [1.29, 1.82) is 0 Å². The number of ether oxygens (including phenoxy) is 1. The summed E-state index contributed by atoms with van der Waals surface area (Å²) in [6, 6.07) is 6.76. The quantitative estimate of drug-likeness (QED) is 0.585. The number of allylic oxidation sites excluding steroid dienone is 2. The summed E-state index contributed by atoms with van der Waals surface area (Å²) in [4.78, 5) is 0. The van der Waals surface area contributed by atoms with Crippen LogP contribution in [0.3, 0.4) is 0 Å². The largest absolute Gasteiger partial charge is 0.485 e. The first-order valence-corrected chi connectivity index (χ1v) is 8.85. The molecule has 0 saturated carbocycles. The molecule has 2 aliphatic rings. The first kappa shape index (κ1) is 16.4. The highest BCUT2D eigenvalue weighted by atomic mass is 16.5. The van der Waals surface area contributed by atoms with Crippen molar-refractivity contribution in [3.05, 3.63) is 53.1 Å².